The van der Waals surface area contributed by atoms with Crippen molar-refractivity contribution in [2.75, 3.05) is 33.8 Å². The Morgan fingerprint density at radius 3 is 2.78 bits per heavy atom. The van der Waals surface area contributed by atoms with Crippen LogP contribution in [0.5, 0.6) is 5.75 Å². The van der Waals surface area contributed by atoms with Crippen molar-refractivity contribution in [1.29, 1.82) is 5.26 Å². The molecule has 37 heavy (non-hydrogen) atoms. The second kappa shape index (κ2) is 13.0. The maximum absolute atomic E-state index is 13.5. The molecule has 6 nitrogen and oxygen atoms in total. The van der Waals surface area contributed by atoms with Crippen LogP contribution in [-0.2, 0) is 19.4 Å². The maximum atomic E-state index is 13.5. The summed E-state index contributed by atoms with van der Waals surface area (Å²) < 4.78 is 25.6. The summed E-state index contributed by atoms with van der Waals surface area (Å²) in [4.78, 5) is 2.18. The van der Waals surface area contributed by atoms with E-state index in [0.29, 0.717) is 18.4 Å². The number of nitriles is 1. The van der Waals surface area contributed by atoms with Crippen molar-refractivity contribution in [3.05, 3.63) is 58.5 Å². The molecule has 7 heteroatoms. The van der Waals surface area contributed by atoms with Gasteiger partial charge in [-0.15, -0.1) is 0 Å². The Morgan fingerprint density at radius 2 is 2.05 bits per heavy atom. The zero-order valence-corrected chi connectivity index (χ0v) is 22.4. The first-order chi connectivity index (χ1) is 18.0. The van der Waals surface area contributed by atoms with Crippen LogP contribution in [0.2, 0.25) is 0 Å². The lowest BCUT2D eigenvalue weighted by atomic mass is 9.94. The summed E-state index contributed by atoms with van der Waals surface area (Å²) in [6.07, 6.45) is 7.47. The Labute approximate surface area is 219 Å². The first-order valence-electron chi connectivity index (χ1n) is 13.5. The molecule has 1 aliphatic carbocycles. The molecule has 0 aliphatic heterocycles. The quantitative estimate of drug-likeness (QED) is 0.260. The van der Waals surface area contributed by atoms with E-state index < -0.39 is 5.82 Å². The van der Waals surface area contributed by atoms with Crippen molar-refractivity contribution in [3.63, 3.8) is 0 Å². The number of benzene rings is 2. The molecule has 1 N–H and O–H groups in total. The van der Waals surface area contributed by atoms with E-state index in [1.54, 1.807) is 12.1 Å². The third kappa shape index (κ3) is 7.53. The fraction of sp³-hybridized carbons (Fsp3) is 0.533. The van der Waals surface area contributed by atoms with Gasteiger partial charge in [-0.2, -0.15) is 5.26 Å². The third-order valence-electron chi connectivity index (χ3n) is 7.33. The lowest BCUT2D eigenvalue weighted by molar-refractivity contribution is 0.295. The van der Waals surface area contributed by atoms with E-state index in [9.17, 15) is 4.39 Å². The predicted octanol–water partition coefficient (Wildman–Crippen LogP) is 5.87. The Hall–Kier alpha value is -2.95. The molecule has 0 amide bonds. The van der Waals surface area contributed by atoms with E-state index in [2.05, 4.69) is 48.5 Å². The summed E-state index contributed by atoms with van der Waals surface area (Å²) in [5.41, 5.74) is 4.04. The van der Waals surface area contributed by atoms with Crippen molar-refractivity contribution in [2.24, 2.45) is 11.8 Å². The Bertz CT molecular complexity index is 1210. The number of rotatable bonds is 15. The van der Waals surface area contributed by atoms with Crippen LogP contribution >= 0.6 is 0 Å². The van der Waals surface area contributed by atoms with Crippen molar-refractivity contribution in [1.82, 2.24) is 15.4 Å². The van der Waals surface area contributed by atoms with E-state index >= 15 is 0 Å². The molecule has 1 atom stereocenters. The van der Waals surface area contributed by atoms with Crippen molar-refractivity contribution < 1.29 is 13.7 Å². The summed E-state index contributed by atoms with van der Waals surface area (Å²) in [6.45, 7) is 5.44. The van der Waals surface area contributed by atoms with Gasteiger partial charge >= 0.3 is 0 Å². The monoisotopic (exact) mass is 506 g/mol. The predicted molar refractivity (Wildman–Crippen MR) is 144 cm³/mol. The molecule has 1 unspecified atom stereocenters. The average Bonchev–Trinajstić information content (AvgIpc) is 3.64. The molecule has 1 saturated carbocycles. The number of aromatic nitrogens is 1. The Morgan fingerprint density at radius 1 is 1.22 bits per heavy atom. The van der Waals surface area contributed by atoms with Crippen LogP contribution in [0.1, 0.15) is 61.4 Å². The highest BCUT2D eigenvalue weighted by Crippen LogP contribution is 2.34. The number of ether oxygens (including phenoxy) is 1. The molecule has 1 fully saturated rings. The van der Waals surface area contributed by atoms with E-state index in [4.69, 9.17) is 14.5 Å². The lowest BCUT2D eigenvalue weighted by Gasteiger charge is -2.15. The van der Waals surface area contributed by atoms with E-state index in [-0.39, 0.29) is 5.56 Å². The second-order valence-electron chi connectivity index (χ2n) is 10.6. The molecule has 2 aromatic carbocycles. The van der Waals surface area contributed by atoms with Crippen molar-refractivity contribution in [3.8, 4) is 11.8 Å². The number of nitrogens with one attached hydrogen (secondary N) is 1. The van der Waals surface area contributed by atoms with Gasteiger partial charge in [0.1, 0.15) is 17.6 Å². The molecule has 0 bridgehead atoms. The fourth-order valence-corrected chi connectivity index (χ4v) is 4.67. The minimum Gasteiger partial charge on any atom is -0.493 e. The smallest absolute Gasteiger partial charge is 0.174 e. The van der Waals surface area contributed by atoms with E-state index in [1.807, 2.05) is 6.07 Å². The minimum atomic E-state index is -0.468. The number of nitrogens with zero attached hydrogens (tertiary/aromatic N) is 3. The van der Waals surface area contributed by atoms with Crippen LogP contribution in [0.25, 0.3) is 11.0 Å². The number of likely N-dealkylation sites (N-methyl/N-ethyl adjacent to an activating group) is 1. The topological polar surface area (TPSA) is 74.3 Å². The van der Waals surface area contributed by atoms with E-state index in [0.717, 1.165) is 85.3 Å². The first kappa shape index (κ1) is 27.1. The average molecular weight is 507 g/mol. The van der Waals surface area contributed by atoms with Crippen LogP contribution in [0.15, 0.2) is 34.9 Å². The highest BCUT2D eigenvalue weighted by Gasteiger charge is 2.24. The number of hydrogen-bond donors (Lipinski definition) is 1. The summed E-state index contributed by atoms with van der Waals surface area (Å²) in [7, 11) is 4.17. The zero-order valence-electron chi connectivity index (χ0n) is 22.4. The molecule has 0 radical (unpaired) electrons. The molecule has 198 valence electrons. The van der Waals surface area contributed by atoms with E-state index in [1.165, 1.54) is 18.9 Å². The summed E-state index contributed by atoms with van der Waals surface area (Å²) >= 11 is 0. The first-order valence-corrected chi connectivity index (χ1v) is 13.5. The van der Waals surface area contributed by atoms with Crippen LogP contribution in [0.3, 0.4) is 0 Å². The normalized spacial score (nSPS) is 14.3. The summed E-state index contributed by atoms with van der Waals surface area (Å²) in [6, 6.07) is 10.8. The largest absolute Gasteiger partial charge is 0.493 e. The van der Waals surface area contributed by atoms with Gasteiger partial charge in [-0.25, -0.2) is 4.39 Å². The highest BCUT2D eigenvalue weighted by molar-refractivity contribution is 5.84. The number of fused-ring (bicyclic) bond motifs is 1. The molecule has 0 saturated heterocycles. The number of hydrogen-bond acceptors (Lipinski definition) is 6. The third-order valence-corrected chi connectivity index (χ3v) is 7.33. The van der Waals surface area contributed by atoms with Crippen molar-refractivity contribution in [2.45, 2.75) is 58.4 Å². The molecule has 3 aromatic rings. The van der Waals surface area contributed by atoms with Crippen molar-refractivity contribution >= 4 is 11.0 Å². The molecule has 4 rings (SSSR count). The Balaban J connectivity index is 1.33. The lowest BCUT2D eigenvalue weighted by Crippen LogP contribution is -2.18. The molecule has 1 aromatic heterocycles. The molecular formula is C30H39FN4O2. The van der Waals surface area contributed by atoms with Gasteiger partial charge in [-0.05, 0) is 101 Å². The fourth-order valence-electron chi connectivity index (χ4n) is 4.67. The van der Waals surface area contributed by atoms with Gasteiger partial charge in [0.05, 0.1) is 17.9 Å². The van der Waals surface area contributed by atoms with Gasteiger partial charge in [0.2, 0.25) is 0 Å². The zero-order chi connectivity index (χ0) is 26.2. The van der Waals surface area contributed by atoms with Gasteiger partial charge in [-0.1, -0.05) is 24.6 Å². The highest BCUT2D eigenvalue weighted by atomic mass is 19.1. The molecule has 0 spiro atoms. The molecule has 1 aliphatic rings. The summed E-state index contributed by atoms with van der Waals surface area (Å²) in [5, 5.41) is 18.0. The van der Waals surface area contributed by atoms with Crippen LogP contribution in [0.4, 0.5) is 4.39 Å². The summed E-state index contributed by atoms with van der Waals surface area (Å²) in [5.74, 6) is 1.74. The minimum absolute atomic E-state index is 0.0945. The number of aryl methyl sites for hydroxylation is 1. The van der Waals surface area contributed by atoms with Gasteiger partial charge in [0.25, 0.3) is 0 Å². The molecular weight excluding hydrogens is 467 g/mol. The molecule has 1 heterocycles. The van der Waals surface area contributed by atoms with Gasteiger partial charge < -0.3 is 19.5 Å². The van der Waals surface area contributed by atoms with Crippen LogP contribution in [-0.4, -0.2) is 43.8 Å². The maximum Gasteiger partial charge on any atom is 0.174 e. The van der Waals surface area contributed by atoms with Gasteiger partial charge in [0.15, 0.2) is 5.58 Å². The van der Waals surface area contributed by atoms with Gasteiger partial charge in [0, 0.05) is 24.0 Å². The van der Waals surface area contributed by atoms with Crippen LogP contribution < -0.4 is 10.1 Å². The van der Waals surface area contributed by atoms with Gasteiger partial charge in [-0.3, -0.25) is 0 Å². The standard InChI is InChI=1S/C30H39FN4O2/c1-4-21(13-15-33-19-23-7-10-27(31)24(17-23)18-32)8-11-28-25-9-12-29(36-20-22-5-6-22)26(14-16-35(2)3)30(25)37-34-28/h7,9-10,12,17,21-22,33H,4-6,8,11,13-16,19-20H2,1-3H3. The SMILES string of the molecule is CCC(CCNCc1ccc(F)c(C#N)c1)CCc1noc2c(CCN(C)C)c(OCC3CC3)ccc12. The Kier molecular flexibility index (Phi) is 9.54. The number of halogens is 1. The second-order valence-corrected chi connectivity index (χ2v) is 10.6. The van der Waals surface area contributed by atoms with Crippen LogP contribution in [0, 0.1) is 29.0 Å².